The highest BCUT2D eigenvalue weighted by molar-refractivity contribution is 7.87. The zero-order chi connectivity index (χ0) is 32.8. The Balaban J connectivity index is 1.29. The number of nitrogens with one attached hydrogen (secondary N) is 1. The van der Waals surface area contributed by atoms with E-state index >= 15 is 0 Å². The molecule has 1 aromatic carbocycles. The normalized spacial score (nSPS) is 27.6. The van der Waals surface area contributed by atoms with E-state index in [2.05, 4.69) is 56.5 Å². The minimum atomic E-state index is -3.98. The monoisotopic (exact) mass is 659 g/mol. The van der Waals surface area contributed by atoms with Gasteiger partial charge in [0.2, 0.25) is 5.91 Å². The van der Waals surface area contributed by atoms with Crippen LogP contribution in [-0.4, -0.2) is 92.3 Å². The van der Waals surface area contributed by atoms with Gasteiger partial charge in [-0.15, -0.1) is 0 Å². The number of fused-ring (bicyclic) bond motifs is 9. The zero-order valence-electron chi connectivity index (χ0n) is 27.8. The molecular weight excluding hydrogens is 614 g/mol. The minimum absolute atomic E-state index is 0.182. The second kappa shape index (κ2) is 11.3. The van der Waals surface area contributed by atoms with Crippen molar-refractivity contribution in [3.63, 3.8) is 0 Å². The molecule has 2 amide bonds. The van der Waals surface area contributed by atoms with Crippen LogP contribution in [0.3, 0.4) is 0 Å². The topological polar surface area (TPSA) is 104 Å². The number of ether oxygens (including phenoxy) is 1. The number of hydrogen-bond acceptors (Lipinski definition) is 6. The third-order valence-corrected chi connectivity index (χ3v) is 13.2. The summed E-state index contributed by atoms with van der Waals surface area (Å²) in [5, 5.41) is 1.04. The number of rotatable bonds is 6. The Hall–Kier alpha value is -3.41. The van der Waals surface area contributed by atoms with E-state index in [0.29, 0.717) is 30.5 Å². The average Bonchev–Trinajstić information content (AvgIpc) is 3.70. The average molecular weight is 660 g/mol. The van der Waals surface area contributed by atoms with E-state index in [1.807, 2.05) is 0 Å². The first-order valence-corrected chi connectivity index (χ1v) is 18.6. The molecule has 0 radical (unpaired) electrons. The van der Waals surface area contributed by atoms with Gasteiger partial charge in [0, 0.05) is 62.8 Å². The number of amides is 2. The van der Waals surface area contributed by atoms with Crippen LogP contribution in [0, 0.1) is 5.92 Å². The molecule has 3 aliphatic carbocycles. The molecule has 3 saturated heterocycles. The fraction of sp³-hybridized carbons (Fsp3) is 0.556. The van der Waals surface area contributed by atoms with Crippen LogP contribution >= 0.6 is 0 Å². The molecule has 4 atom stereocenters. The van der Waals surface area contributed by atoms with Crippen molar-refractivity contribution in [3.05, 3.63) is 63.9 Å². The van der Waals surface area contributed by atoms with E-state index in [4.69, 9.17) is 4.74 Å². The first-order chi connectivity index (χ1) is 22.6. The number of carbonyl (C=O) groups is 2. The first-order valence-electron chi connectivity index (χ1n) is 17.2. The van der Waals surface area contributed by atoms with Crippen molar-refractivity contribution in [2.24, 2.45) is 5.92 Å². The summed E-state index contributed by atoms with van der Waals surface area (Å²) in [5.74, 6) is 0.202. The predicted molar refractivity (Wildman–Crippen MR) is 180 cm³/mol. The van der Waals surface area contributed by atoms with E-state index in [1.54, 1.807) is 7.11 Å². The van der Waals surface area contributed by atoms with Crippen LogP contribution in [0.2, 0.25) is 0 Å². The summed E-state index contributed by atoms with van der Waals surface area (Å²) in [5.41, 5.74) is 6.52. The lowest BCUT2D eigenvalue weighted by Gasteiger charge is -2.51. The molecule has 47 heavy (non-hydrogen) atoms. The van der Waals surface area contributed by atoms with E-state index in [0.717, 1.165) is 82.1 Å². The Bertz CT molecular complexity index is 1880. The van der Waals surface area contributed by atoms with Crippen LogP contribution in [0.1, 0.15) is 74.5 Å². The number of benzene rings is 1. The third kappa shape index (κ3) is 4.91. The first kappa shape index (κ1) is 30.9. The molecule has 11 heteroatoms. The van der Waals surface area contributed by atoms with Crippen LogP contribution in [0.15, 0.2) is 52.6 Å². The van der Waals surface area contributed by atoms with Crippen molar-refractivity contribution in [1.82, 2.24) is 23.4 Å². The fourth-order valence-corrected chi connectivity index (χ4v) is 9.81. The molecule has 1 saturated carbocycles. The van der Waals surface area contributed by atoms with Crippen molar-refractivity contribution < 1.29 is 22.7 Å². The van der Waals surface area contributed by atoms with Gasteiger partial charge >= 0.3 is 10.2 Å². The lowest BCUT2D eigenvalue weighted by Crippen LogP contribution is -2.63. The maximum absolute atomic E-state index is 14.7. The van der Waals surface area contributed by atoms with Crippen molar-refractivity contribution in [1.29, 1.82) is 0 Å². The molecule has 10 nitrogen and oxygen atoms in total. The van der Waals surface area contributed by atoms with Crippen molar-refractivity contribution in [2.75, 3.05) is 41.3 Å². The van der Waals surface area contributed by atoms with Gasteiger partial charge in [0.1, 0.15) is 5.75 Å². The Morgan fingerprint density at radius 3 is 2.47 bits per heavy atom. The number of hydrogen-bond donors (Lipinski definition) is 1. The molecule has 9 rings (SSSR count). The molecule has 4 fully saturated rings. The van der Waals surface area contributed by atoms with E-state index in [-0.39, 0.29) is 23.8 Å². The molecule has 4 aliphatic heterocycles. The van der Waals surface area contributed by atoms with Gasteiger partial charge in [-0.05, 0) is 79.5 Å². The predicted octanol–water partition coefficient (Wildman–Crippen LogP) is 4.21. The van der Waals surface area contributed by atoms with Gasteiger partial charge in [-0.2, -0.15) is 12.7 Å². The molecule has 0 spiro atoms. The highest BCUT2D eigenvalue weighted by atomic mass is 32.2. The lowest BCUT2D eigenvalue weighted by molar-refractivity contribution is -0.146. The highest BCUT2D eigenvalue weighted by Crippen LogP contribution is 2.55. The van der Waals surface area contributed by atoms with Gasteiger partial charge in [0.05, 0.1) is 24.1 Å². The fourth-order valence-electron chi connectivity index (χ4n) is 9.29. The van der Waals surface area contributed by atoms with Crippen LogP contribution in [0.4, 0.5) is 0 Å². The quantitative estimate of drug-likeness (QED) is 0.499. The smallest absolute Gasteiger partial charge is 0.303 e. The van der Waals surface area contributed by atoms with Crippen LogP contribution in [-0.2, 0) is 26.3 Å². The van der Waals surface area contributed by atoms with E-state index in [1.165, 1.54) is 38.9 Å². The molecule has 250 valence electrons. The molecule has 2 aromatic rings. The van der Waals surface area contributed by atoms with Gasteiger partial charge in [-0.3, -0.25) is 14.5 Å². The number of nitrogens with zero attached hydrogens (tertiary/aromatic N) is 4. The minimum Gasteiger partial charge on any atom is -0.496 e. The SMILES string of the molecule is COc1ccc(C2CCCCC2)c2c1cc1n2CC2=C(C(=O)NS(=O)(=O)N(C)C)C2=C2C=CC[C@@H](C(=O)N3CC4CCC3CN4C)[C@@H]21. The lowest BCUT2D eigenvalue weighted by atomic mass is 9.75. The van der Waals surface area contributed by atoms with Gasteiger partial charge in [-0.1, -0.05) is 37.5 Å². The van der Waals surface area contributed by atoms with Crippen LogP contribution in [0.5, 0.6) is 5.75 Å². The molecule has 5 heterocycles. The van der Waals surface area contributed by atoms with E-state index in [9.17, 15) is 18.0 Å². The van der Waals surface area contributed by atoms with Gasteiger partial charge in [0.25, 0.3) is 5.91 Å². The number of likely N-dealkylation sites (N-methyl/N-ethyl adjacent to an activating group) is 1. The Labute approximate surface area is 277 Å². The number of piperidine rings is 2. The summed E-state index contributed by atoms with van der Waals surface area (Å²) in [6, 6.07) is 7.13. The Morgan fingerprint density at radius 1 is 1.02 bits per heavy atom. The van der Waals surface area contributed by atoms with Crippen LogP contribution < -0.4 is 9.46 Å². The second-order valence-electron chi connectivity index (χ2n) is 14.5. The standard InChI is InChI=1S/C36H45N5O5S/c1-38(2)47(44,45)37-35(42)33-28-20-41-29(17-27-30(46-4)16-15-24(34(27)41)21-9-6-5-7-10-21)31-25(32(28)33)11-8-12-26(31)36(43)40-19-22-13-14-23(40)18-39(22)3/h8,11,15-17,21-23,26,31H,5-7,9-10,12-14,18-20H2,1-4H3,(H,37,42)/t22?,23?,26-,31-/m1/s1. The van der Waals surface area contributed by atoms with Gasteiger partial charge in [0.15, 0.2) is 0 Å². The van der Waals surface area contributed by atoms with Crippen LogP contribution in [0.25, 0.3) is 10.9 Å². The molecule has 1 aromatic heterocycles. The Kier molecular flexibility index (Phi) is 7.46. The molecule has 1 N–H and O–H groups in total. The number of carbonyl (C=O) groups excluding carboxylic acids is 2. The summed E-state index contributed by atoms with van der Waals surface area (Å²) < 4.78 is 37.0. The van der Waals surface area contributed by atoms with Crippen molar-refractivity contribution >= 4 is 32.9 Å². The summed E-state index contributed by atoms with van der Waals surface area (Å²) in [6.07, 6.45) is 12.8. The largest absolute Gasteiger partial charge is 0.496 e. The second-order valence-corrected chi connectivity index (χ2v) is 16.4. The number of aromatic nitrogens is 1. The molecular formula is C36H45N5O5S. The summed E-state index contributed by atoms with van der Waals surface area (Å²) >= 11 is 0. The summed E-state index contributed by atoms with van der Waals surface area (Å²) in [4.78, 5) is 32.9. The van der Waals surface area contributed by atoms with Gasteiger partial charge in [-0.25, -0.2) is 4.72 Å². The van der Waals surface area contributed by atoms with Crippen molar-refractivity contribution in [2.45, 2.75) is 81.8 Å². The molecule has 2 bridgehead atoms. The summed E-state index contributed by atoms with van der Waals surface area (Å²) in [6.45, 7) is 2.09. The third-order valence-electron chi connectivity index (χ3n) is 11.8. The molecule has 2 unspecified atom stereocenters. The Morgan fingerprint density at radius 2 is 1.79 bits per heavy atom. The van der Waals surface area contributed by atoms with E-state index < -0.39 is 16.1 Å². The summed E-state index contributed by atoms with van der Waals surface area (Å²) in [7, 11) is 2.70. The number of piperazine rings is 1. The molecule has 7 aliphatic rings. The van der Waals surface area contributed by atoms with Gasteiger partial charge < -0.3 is 14.2 Å². The van der Waals surface area contributed by atoms with Crippen molar-refractivity contribution in [3.8, 4) is 5.75 Å². The number of allylic oxidation sites excluding steroid dienone is 4. The highest BCUT2D eigenvalue weighted by Gasteiger charge is 2.50. The zero-order valence-corrected chi connectivity index (χ0v) is 28.6. The maximum Gasteiger partial charge on any atom is 0.303 e. The maximum atomic E-state index is 14.7. The number of methoxy groups -OCH3 is 1.